The molecule has 1 saturated heterocycles. The second kappa shape index (κ2) is 13.5. The summed E-state index contributed by atoms with van der Waals surface area (Å²) in [6.07, 6.45) is 0.801. The first-order chi connectivity index (χ1) is 18.5. The summed E-state index contributed by atoms with van der Waals surface area (Å²) in [5.41, 5.74) is 1.93. The Labute approximate surface area is 227 Å². The van der Waals surface area contributed by atoms with Gasteiger partial charge in [-0.3, -0.25) is 4.79 Å². The predicted molar refractivity (Wildman–Crippen MR) is 144 cm³/mol. The number of likely N-dealkylation sites (N-methyl/N-ethyl adjacent to an activating group) is 1. The van der Waals surface area contributed by atoms with Crippen molar-refractivity contribution in [3.05, 3.63) is 59.2 Å². The molecule has 0 N–H and O–H groups in total. The van der Waals surface area contributed by atoms with Gasteiger partial charge in [-0.1, -0.05) is 17.8 Å². The van der Waals surface area contributed by atoms with E-state index < -0.39 is 0 Å². The maximum atomic E-state index is 12.7. The van der Waals surface area contributed by atoms with Crippen molar-refractivity contribution in [2.24, 2.45) is 0 Å². The summed E-state index contributed by atoms with van der Waals surface area (Å²) < 4.78 is 27.3. The molecule has 0 aliphatic carbocycles. The van der Waals surface area contributed by atoms with Gasteiger partial charge in [-0.25, -0.2) is 9.97 Å². The molecule has 38 heavy (non-hydrogen) atoms. The minimum Gasteiger partial charge on any atom is -0.493 e. The number of hydrogen-bond acceptors (Lipinski definition) is 10. The van der Waals surface area contributed by atoms with Crippen LogP contribution in [0.15, 0.2) is 46.0 Å². The van der Waals surface area contributed by atoms with Crippen LogP contribution < -0.4 is 14.4 Å². The summed E-state index contributed by atoms with van der Waals surface area (Å²) in [5.74, 6) is 3.65. The summed E-state index contributed by atoms with van der Waals surface area (Å²) in [5, 5.41) is 0.616. The topological polar surface area (TPSA) is 99.4 Å². The zero-order valence-electron chi connectivity index (χ0n) is 22.3. The van der Waals surface area contributed by atoms with Crippen LogP contribution in [0.4, 0.5) is 5.82 Å². The van der Waals surface area contributed by atoms with E-state index in [0.29, 0.717) is 66.8 Å². The molecule has 1 aliphatic heterocycles. The van der Waals surface area contributed by atoms with Gasteiger partial charge in [-0.2, -0.15) is 0 Å². The number of anilines is 1. The standard InChI is InChI=1S/C27H34N4O6S/c1-30(10-9-19-5-7-22(34-3)24(15-19)35-4)25-16-20(17-33-2)28-27(29-25)38-18-21-6-8-23(37-21)26(32)31-11-13-36-14-12-31/h5-8,15-16H,9-14,17-18H2,1-4H3. The Kier molecular flexibility index (Phi) is 9.85. The first-order valence-corrected chi connectivity index (χ1v) is 13.4. The molecule has 3 aromatic rings. The van der Waals surface area contributed by atoms with Crippen molar-refractivity contribution in [2.75, 3.05) is 66.1 Å². The van der Waals surface area contributed by atoms with Crippen molar-refractivity contribution >= 4 is 23.5 Å². The molecule has 3 heterocycles. The number of amides is 1. The lowest BCUT2D eigenvalue weighted by Gasteiger charge is -2.25. The predicted octanol–water partition coefficient (Wildman–Crippen LogP) is 3.68. The van der Waals surface area contributed by atoms with Crippen molar-refractivity contribution in [1.29, 1.82) is 0 Å². The number of ether oxygens (including phenoxy) is 4. The average molecular weight is 543 g/mol. The minimum atomic E-state index is -0.110. The highest BCUT2D eigenvalue weighted by Gasteiger charge is 2.21. The second-order valence-electron chi connectivity index (χ2n) is 8.75. The van der Waals surface area contributed by atoms with Crippen LogP contribution in [0, 0.1) is 0 Å². The van der Waals surface area contributed by atoms with Crippen molar-refractivity contribution in [3.63, 3.8) is 0 Å². The van der Waals surface area contributed by atoms with Crippen LogP contribution in [0.1, 0.15) is 27.6 Å². The minimum absolute atomic E-state index is 0.110. The zero-order valence-corrected chi connectivity index (χ0v) is 23.1. The molecule has 1 fully saturated rings. The number of furan rings is 1. The summed E-state index contributed by atoms with van der Waals surface area (Å²) in [6, 6.07) is 11.4. The van der Waals surface area contributed by atoms with Gasteiger partial charge in [0.2, 0.25) is 0 Å². The number of carbonyl (C=O) groups is 1. The van der Waals surface area contributed by atoms with Crippen LogP contribution in [-0.4, -0.2) is 82.0 Å². The van der Waals surface area contributed by atoms with Gasteiger partial charge in [-0.15, -0.1) is 0 Å². The summed E-state index contributed by atoms with van der Waals surface area (Å²) >= 11 is 1.46. The fourth-order valence-electron chi connectivity index (χ4n) is 4.02. The SMILES string of the molecule is COCc1cc(N(C)CCc2ccc(OC)c(OC)c2)nc(SCc2ccc(C(=O)N3CCOCC3)o2)n1. The number of carbonyl (C=O) groups excluding carboxylic acids is 1. The highest BCUT2D eigenvalue weighted by Crippen LogP contribution is 2.28. The maximum absolute atomic E-state index is 12.7. The van der Waals surface area contributed by atoms with Gasteiger partial charge < -0.3 is 33.2 Å². The van der Waals surface area contributed by atoms with Crippen LogP contribution >= 0.6 is 11.8 Å². The van der Waals surface area contributed by atoms with Crippen molar-refractivity contribution in [2.45, 2.75) is 23.9 Å². The van der Waals surface area contributed by atoms with Gasteiger partial charge in [0.05, 0.1) is 45.5 Å². The van der Waals surface area contributed by atoms with E-state index in [9.17, 15) is 4.79 Å². The quantitative estimate of drug-likeness (QED) is 0.249. The van der Waals surface area contributed by atoms with E-state index >= 15 is 0 Å². The van der Waals surface area contributed by atoms with E-state index in [1.807, 2.05) is 37.4 Å². The molecule has 4 rings (SSSR count). The molecular weight excluding hydrogens is 508 g/mol. The molecule has 10 nitrogen and oxygen atoms in total. The van der Waals surface area contributed by atoms with Gasteiger partial charge >= 0.3 is 0 Å². The van der Waals surface area contributed by atoms with E-state index in [-0.39, 0.29) is 5.91 Å². The number of hydrogen-bond donors (Lipinski definition) is 0. The Morgan fingerprint density at radius 2 is 1.84 bits per heavy atom. The number of morpholine rings is 1. The number of nitrogens with zero attached hydrogens (tertiary/aromatic N) is 4. The molecular formula is C27H34N4O6S. The fourth-order valence-corrected chi connectivity index (χ4v) is 4.78. The van der Waals surface area contributed by atoms with Crippen molar-refractivity contribution in [1.82, 2.24) is 14.9 Å². The lowest BCUT2D eigenvalue weighted by Crippen LogP contribution is -2.40. The van der Waals surface area contributed by atoms with Gasteiger partial charge in [0, 0.05) is 39.9 Å². The number of thioether (sulfide) groups is 1. The van der Waals surface area contributed by atoms with Gasteiger partial charge in [0.15, 0.2) is 22.4 Å². The third kappa shape index (κ3) is 7.18. The third-order valence-corrected chi connectivity index (χ3v) is 7.00. The normalized spacial score (nSPS) is 13.4. The van der Waals surface area contributed by atoms with E-state index in [1.54, 1.807) is 32.3 Å². The Morgan fingerprint density at radius 1 is 1.05 bits per heavy atom. The maximum Gasteiger partial charge on any atom is 0.289 e. The molecule has 1 amide bonds. The van der Waals surface area contributed by atoms with Gasteiger partial charge in [0.1, 0.15) is 11.6 Å². The van der Waals surface area contributed by atoms with Crippen LogP contribution in [0.3, 0.4) is 0 Å². The monoisotopic (exact) mass is 542 g/mol. The fraction of sp³-hybridized carbons (Fsp3) is 0.444. The molecule has 0 unspecified atom stereocenters. The molecule has 204 valence electrons. The Balaban J connectivity index is 1.40. The molecule has 1 aromatic carbocycles. The van der Waals surface area contributed by atoms with Crippen LogP contribution in [0.25, 0.3) is 0 Å². The summed E-state index contributed by atoms with van der Waals surface area (Å²) in [4.78, 5) is 25.9. The Hall–Kier alpha value is -3.28. The summed E-state index contributed by atoms with van der Waals surface area (Å²) in [7, 11) is 6.91. The largest absolute Gasteiger partial charge is 0.493 e. The molecule has 0 spiro atoms. The third-order valence-electron chi connectivity index (χ3n) is 6.13. The van der Waals surface area contributed by atoms with E-state index in [2.05, 4.69) is 9.88 Å². The first-order valence-electron chi connectivity index (χ1n) is 12.4. The average Bonchev–Trinajstić information content (AvgIpc) is 3.44. The Bertz CT molecular complexity index is 1210. The molecule has 11 heteroatoms. The van der Waals surface area contributed by atoms with Crippen LogP contribution in [0.2, 0.25) is 0 Å². The van der Waals surface area contributed by atoms with Crippen molar-refractivity contribution < 1.29 is 28.2 Å². The lowest BCUT2D eigenvalue weighted by molar-refractivity contribution is 0.0282. The molecule has 2 aromatic heterocycles. The molecule has 0 bridgehead atoms. The van der Waals surface area contributed by atoms with Gasteiger partial charge in [0.25, 0.3) is 5.91 Å². The summed E-state index contributed by atoms with van der Waals surface area (Å²) in [6.45, 7) is 3.38. The first kappa shape index (κ1) is 27.7. The van der Waals surface area contributed by atoms with E-state index in [4.69, 9.17) is 28.3 Å². The number of aromatic nitrogens is 2. The zero-order chi connectivity index (χ0) is 26.9. The van der Waals surface area contributed by atoms with Crippen LogP contribution in [0.5, 0.6) is 11.5 Å². The number of benzene rings is 1. The number of rotatable bonds is 12. The Morgan fingerprint density at radius 3 is 2.58 bits per heavy atom. The molecule has 0 atom stereocenters. The lowest BCUT2D eigenvalue weighted by atomic mass is 10.1. The van der Waals surface area contributed by atoms with E-state index in [1.165, 1.54) is 11.8 Å². The molecule has 0 radical (unpaired) electrons. The van der Waals surface area contributed by atoms with Gasteiger partial charge in [-0.05, 0) is 36.2 Å². The smallest absolute Gasteiger partial charge is 0.289 e. The highest BCUT2D eigenvalue weighted by molar-refractivity contribution is 7.98. The van der Waals surface area contributed by atoms with E-state index in [0.717, 1.165) is 30.0 Å². The highest BCUT2D eigenvalue weighted by atomic mass is 32.2. The molecule has 0 saturated carbocycles. The molecule has 1 aliphatic rings. The van der Waals surface area contributed by atoms with Crippen LogP contribution in [-0.2, 0) is 28.3 Å². The second-order valence-corrected chi connectivity index (χ2v) is 9.70. The number of methoxy groups -OCH3 is 3. The van der Waals surface area contributed by atoms with Crippen molar-refractivity contribution in [3.8, 4) is 11.5 Å².